The zero-order valence-corrected chi connectivity index (χ0v) is 12.1. The van der Waals surface area contributed by atoms with Crippen molar-refractivity contribution in [2.75, 3.05) is 24.1 Å². The predicted octanol–water partition coefficient (Wildman–Crippen LogP) is 0.696. The van der Waals surface area contributed by atoms with E-state index in [2.05, 4.69) is 5.32 Å². The van der Waals surface area contributed by atoms with Gasteiger partial charge >= 0.3 is 6.09 Å². The molecule has 1 saturated heterocycles. The van der Waals surface area contributed by atoms with Crippen LogP contribution in [-0.4, -0.2) is 41.0 Å². The van der Waals surface area contributed by atoms with Crippen LogP contribution in [-0.2, 0) is 4.79 Å². The van der Waals surface area contributed by atoms with Gasteiger partial charge in [0.1, 0.15) is 0 Å². The standard InChI is InChI=1S/C14H18N4O4/c1-14(5-6-18(7-14)13(21)22)12(20)17-9-4-2-3-8(10(9)15)11(16)19/h2-4H,5-7,15H2,1H3,(H2,16,19)(H,17,20)(H,21,22). The zero-order valence-electron chi connectivity index (χ0n) is 12.1. The number of likely N-dealkylation sites (tertiary alicyclic amines) is 1. The van der Waals surface area contributed by atoms with E-state index in [4.69, 9.17) is 16.6 Å². The van der Waals surface area contributed by atoms with Crippen LogP contribution in [0.25, 0.3) is 0 Å². The fourth-order valence-electron chi connectivity index (χ4n) is 2.47. The van der Waals surface area contributed by atoms with Crippen LogP contribution >= 0.6 is 0 Å². The Morgan fingerprint density at radius 3 is 2.59 bits per heavy atom. The number of carbonyl (C=O) groups is 3. The van der Waals surface area contributed by atoms with E-state index in [1.165, 1.54) is 11.0 Å². The number of nitrogens with zero attached hydrogens (tertiary/aromatic N) is 1. The van der Waals surface area contributed by atoms with Crippen LogP contribution in [0.2, 0.25) is 0 Å². The molecule has 8 nitrogen and oxygen atoms in total. The molecule has 0 bridgehead atoms. The summed E-state index contributed by atoms with van der Waals surface area (Å²) in [5.74, 6) is -1.03. The molecule has 1 aromatic carbocycles. The summed E-state index contributed by atoms with van der Waals surface area (Å²) in [6, 6.07) is 4.59. The first-order chi connectivity index (χ1) is 10.2. The molecule has 0 spiro atoms. The Bertz CT molecular complexity index is 646. The molecular weight excluding hydrogens is 288 g/mol. The van der Waals surface area contributed by atoms with Crippen LogP contribution < -0.4 is 16.8 Å². The van der Waals surface area contributed by atoms with E-state index >= 15 is 0 Å². The number of rotatable bonds is 3. The van der Waals surface area contributed by atoms with Gasteiger partial charge in [-0.05, 0) is 25.5 Å². The number of hydrogen-bond acceptors (Lipinski definition) is 4. The summed E-state index contributed by atoms with van der Waals surface area (Å²) in [6.07, 6.45) is -0.632. The minimum atomic E-state index is -1.05. The molecule has 1 unspecified atom stereocenters. The Hall–Kier alpha value is -2.77. The predicted molar refractivity (Wildman–Crippen MR) is 80.3 cm³/mol. The SMILES string of the molecule is CC1(C(=O)Nc2cccc(C(N)=O)c2N)CCN(C(=O)O)C1. The maximum Gasteiger partial charge on any atom is 0.407 e. The largest absolute Gasteiger partial charge is 0.465 e. The lowest BCUT2D eigenvalue weighted by molar-refractivity contribution is -0.124. The van der Waals surface area contributed by atoms with Crippen molar-refractivity contribution >= 4 is 29.3 Å². The molecule has 0 saturated carbocycles. The van der Waals surface area contributed by atoms with Gasteiger partial charge in [-0.2, -0.15) is 0 Å². The van der Waals surface area contributed by atoms with Gasteiger partial charge in [0.05, 0.1) is 22.4 Å². The van der Waals surface area contributed by atoms with Crippen molar-refractivity contribution in [1.29, 1.82) is 0 Å². The highest BCUT2D eigenvalue weighted by Crippen LogP contribution is 2.32. The van der Waals surface area contributed by atoms with Crippen molar-refractivity contribution in [2.45, 2.75) is 13.3 Å². The first kappa shape index (κ1) is 15.6. The van der Waals surface area contributed by atoms with E-state index < -0.39 is 17.4 Å². The van der Waals surface area contributed by atoms with E-state index in [0.717, 1.165) is 0 Å². The lowest BCUT2D eigenvalue weighted by Crippen LogP contribution is -2.38. The van der Waals surface area contributed by atoms with Crippen molar-refractivity contribution in [2.24, 2.45) is 11.1 Å². The molecule has 118 valence electrons. The van der Waals surface area contributed by atoms with Gasteiger partial charge in [0.2, 0.25) is 5.91 Å². The summed E-state index contributed by atoms with van der Waals surface area (Å²) in [7, 11) is 0. The fraction of sp³-hybridized carbons (Fsp3) is 0.357. The van der Waals surface area contributed by atoms with Gasteiger partial charge in [0.15, 0.2) is 0 Å². The molecule has 1 aliphatic rings. The minimum Gasteiger partial charge on any atom is -0.465 e. The molecule has 3 amide bonds. The molecule has 1 aromatic rings. The first-order valence-corrected chi connectivity index (χ1v) is 6.72. The maximum atomic E-state index is 12.4. The highest BCUT2D eigenvalue weighted by atomic mass is 16.4. The van der Waals surface area contributed by atoms with Crippen molar-refractivity contribution in [3.8, 4) is 0 Å². The van der Waals surface area contributed by atoms with Crippen LogP contribution in [0.1, 0.15) is 23.7 Å². The normalized spacial score (nSPS) is 20.7. The molecule has 1 heterocycles. The maximum absolute atomic E-state index is 12.4. The van der Waals surface area contributed by atoms with Gasteiger partial charge in [-0.25, -0.2) is 4.79 Å². The number of carbonyl (C=O) groups excluding carboxylic acids is 2. The number of nitrogens with one attached hydrogen (secondary N) is 1. The molecule has 8 heteroatoms. The molecule has 1 atom stereocenters. The number of amides is 3. The quantitative estimate of drug-likeness (QED) is 0.609. The Labute approximate surface area is 127 Å². The van der Waals surface area contributed by atoms with Crippen molar-refractivity contribution < 1.29 is 19.5 Å². The van der Waals surface area contributed by atoms with Crippen molar-refractivity contribution in [3.05, 3.63) is 23.8 Å². The Morgan fingerprint density at radius 2 is 2.05 bits per heavy atom. The van der Waals surface area contributed by atoms with E-state index in [0.29, 0.717) is 13.0 Å². The third kappa shape index (κ3) is 2.80. The van der Waals surface area contributed by atoms with Crippen molar-refractivity contribution in [1.82, 2.24) is 4.90 Å². The summed E-state index contributed by atoms with van der Waals surface area (Å²) in [5, 5.41) is 11.6. The van der Waals surface area contributed by atoms with Crippen molar-refractivity contribution in [3.63, 3.8) is 0 Å². The zero-order chi connectivity index (χ0) is 16.5. The number of hydrogen-bond donors (Lipinski definition) is 4. The number of para-hydroxylation sites is 1. The second-order valence-corrected chi connectivity index (χ2v) is 5.60. The fourth-order valence-corrected chi connectivity index (χ4v) is 2.47. The molecular formula is C14H18N4O4. The smallest absolute Gasteiger partial charge is 0.407 e. The van der Waals surface area contributed by atoms with Gasteiger partial charge < -0.3 is 26.8 Å². The van der Waals surface area contributed by atoms with Gasteiger partial charge in [-0.3, -0.25) is 9.59 Å². The van der Waals surface area contributed by atoms with Crippen LogP contribution in [0.5, 0.6) is 0 Å². The summed E-state index contributed by atoms with van der Waals surface area (Å²) in [4.78, 5) is 35.9. The van der Waals surface area contributed by atoms with Gasteiger partial charge in [-0.1, -0.05) is 6.07 Å². The molecule has 22 heavy (non-hydrogen) atoms. The molecule has 1 aliphatic heterocycles. The third-order valence-corrected chi connectivity index (χ3v) is 3.91. The number of carboxylic acid groups (broad SMARTS) is 1. The molecule has 0 aliphatic carbocycles. The molecule has 0 aromatic heterocycles. The Kier molecular flexibility index (Phi) is 3.94. The van der Waals surface area contributed by atoms with Crippen LogP contribution in [0.3, 0.4) is 0 Å². The second-order valence-electron chi connectivity index (χ2n) is 5.60. The van der Waals surface area contributed by atoms with Gasteiger partial charge in [0.25, 0.3) is 5.91 Å². The molecule has 6 N–H and O–H groups in total. The summed E-state index contributed by atoms with van der Waals surface area (Å²) >= 11 is 0. The Morgan fingerprint density at radius 1 is 1.36 bits per heavy atom. The summed E-state index contributed by atoms with van der Waals surface area (Å²) < 4.78 is 0. The van der Waals surface area contributed by atoms with Crippen LogP contribution in [0.15, 0.2) is 18.2 Å². The average Bonchev–Trinajstić information content (AvgIpc) is 2.85. The number of nitrogen functional groups attached to an aromatic ring is 1. The minimum absolute atomic E-state index is 0.0973. The first-order valence-electron chi connectivity index (χ1n) is 6.72. The molecule has 1 fully saturated rings. The van der Waals surface area contributed by atoms with Crippen LogP contribution in [0, 0.1) is 5.41 Å². The lowest BCUT2D eigenvalue weighted by Gasteiger charge is -2.23. The highest BCUT2D eigenvalue weighted by Gasteiger charge is 2.42. The molecule has 0 radical (unpaired) electrons. The number of anilines is 2. The van der Waals surface area contributed by atoms with E-state index in [1.54, 1.807) is 19.1 Å². The molecule has 2 rings (SSSR count). The van der Waals surface area contributed by atoms with E-state index in [-0.39, 0.29) is 29.4 Å². The topological polar surface area (TPSA) is 139 Å². The van der Waals surface area contributed by atoms with Gasteiger partial charge in [-0.15, -0.1) is 0 Å². The Balaban J connectivity index is 2.18. The highest BCUT2D eigenvalue weighted by molar-refractivity contribution is 6.04. The van der Waals surface area contributed by atoms with E-state index in [1.807, 2.05) is 0 Å². The van der Waals surface area contributed by atoms with Gasteiger partial charge in [0, 0.05) is 13.1 Å². The monoisotopic (exact) mass is 306 g/mol. The third-order valence-electron chi connectivity index (χ3n) is 3.91. The number of primary amides is 1. The lowest BCUT2D eigenvalue weighted by atomic mass is 9.88. The van der Waals surface area contributed by atoms with Crippen LogP contribution in [0.4, 0.5) is 16.2 Å². The number of nitrogens with two attached hydrogens (primary N) is 2. The summed E-state index contributed by atoms with van der Waals surface area (Å²) in [5.41, 5.74) is 10.7. The summed E-state index contributed by atoms with van der Waals surface area (Å²) in [6.45, 7) is 2.11. The van der Waals surface area contributed by atoms with E-state index in [9.17, 15) is 14.4 Å². The number of benzene rings is 1. The average molecular weight is 306 g/mol. The second kappa shape index (κ2) is 5.55.